The molecule has 2 aromatic rings. The smallest absolute Gasteiger partial charge is 0.257 e. The van der Waals surface area contributed by atoms with Crippen molar-refractivity contribution >= 4 is 50.1 Å². The molecule has 3 heterocycles. The van der Waals surface area contributed by atoms with Gasteiger partial charge >= 0.3 is 0 Å². The summed E-state index contributed by atoms with van der Waals surface area (Å²) in [5.74, 6) is -0.0880. The third-order valence-corrected chi connectivity index (χ3v) is 8.04. The number of carbonyl (C=O) groups is 2. The number of fused-ring (bicyclic) bond motifs is 3. The summed E-state index contributed by atoms with van der Waals surface area (Å²) in [6.07, 6.45) is 2.51. The molecule has 3 aliphatic rings. The second-order valence-corrected chi connectivity index (χ2v) is 10.7. The average Bonchev–Trinajstić information content (AvgIpc) is 3.13. The minimum atomic E-state index is -3.41. The Morgan fingerprint density at radius 1 is 1.09 bits per heavy atom. The van der Waals surface area contributed by atoms with Gasteiger partial charge in [0.1, 0.15) is 0 Å². The largest absolute Gasteiger partial charge is 0.348 e. The van der Waals surface area contributed by atoms with E-state index in [1.54, 1.807) is 12.1 Å². The van der Waals surface area contributed by atoms with E-state index < -0.39 is 10.0 Å². The minimum Gasteiger partial charge on any atom is -0.348 e. The highest BCUT2D eigenvalue weighted by molar-refractivity contribution is 8.15. The number of carbonyl (C=O) groups excluding carboxylic acids is 2. The highest BCUT2D eigenvalue weighted by atomic mass is 32.2. The molecule has 0 aliphatic carbocycles. The van der Waals surface area contributed by atoms with Gasteiger partial charge < -0.3 is 15.1 Å². The molecule has 0 radical (unpaired) electrons. The van der Waals surface area contributed by atoms with Crippen LogP contribution in [-0.4, -0.2) is 44.2 Å². The van der Waals surface area contributed by atoms with Crippen LogP contribution < -0.4 is 15.1 Å². The van der Waals surface area contributed by atoms with Crippen LogP contribution in [0.4, 0.5) is 11.4 Å². The van der Waals surface area contributed by atoms with E-state index >= 15 is 0 Å². The third-order valence-electron chi connectivity index (χ3n) is 5.73. The fraction of sp³-hybridized carbons (Fsp3) is 0.318. The molecule has 2 aromatic carbocycles. The van der Waals surface area contributed by atoms with Crippen molar-refractivity contribution in [1.29, 1.82) is 0 Å². The van der Waals surface area contributed by atoms with E-state index in [1.807, 2.05) is 40.1 Å². The lowest BCUT2D eigenvalue weighted by molar-refractivity contribution is -0.119. The number of benzene rings is 2. The van der Waals surface area contributed by atoms with Crippen LogP contribution in [-0.2, 0) is 21.4 Å². The van der Waals surface area contributed by atoms with Crippen LogP contribution in [0, 0.1) is 0 Å². The standard InChI is InChI=1S/C22H22N4O4S2/c27-20-6-1-2-9-25(20)17-5-3-4-15(12-17)14-23-21(28)16-7-8-18-19(13-16)31-22-24-32(29,30)11-10-26(18)22/h3-5,7-8,12-13H,1-2,6,9-11,14H2,(H,23,28). The van der Waals surface area contributed by atoms with Crippen LogP contribution >= 0.6 is 11.8 Å². The first-order chi connectivity index (χ1) is 15.4. The number of amides is 2. The van der Waals surface area contributed by atoms with Gasteiger partial charge in [0, 0.05) is 42.2 Å². The van der Waals surface area contributed by atoms with Crippen molar-refractivity contribution in [3.63, 3.8) is 0 Å². The van der Waals surface area contributed by atoms with E-state index in [4.69, 9.17) is 0 Å². The van der Waals surface area contributed by atoms with Gasteiger partial charge in [0.15, 0.2) is 5.17 Å². The normalized spacial score (nSPS) is 19.2. The summed E-state index contributed by atoms with van der Waals surface area (Å²) in [5.41, 5.74) is 3.16. The number of amidine groups is 1. The number of thioether (sulfide) groups is 1. The number of hydrogen-bond donors (Lipinski definition) is 1. The summed E-state index contributed by atoms with van der Waals surface area (Å²) in [4.78, 5) is 29.4. The summed E-state index contributed by atoms with van der Waals surface area (Å²) >= 11 is 1.27. The zero-order chi connectivity index (χ0) is 22.3. The average molecular weight is 471 g/mol. The van der Waals surface area contributed by atoms with Crippen LogP contribution in [0.15, 0.2) is 51.8 Å². The van der Waals surface area contributed by atoms with Crippen molar-refractivity contribution in [1.82, 2.24) is 5.32 Å². The monoisotopic (exact) mass is 470 g/mol. The van der Waals surface area contributed by atoms with Crippen molar-refractivity contribution in [3.05, 3.63) is 53.6 Å². The lowest BCUT2D eigenvalue weighted by Crippen LogP contribution is -2.35. The van der Waals surface area contributed by atoms with E-state index in [9.17, 15) is 18.0 Å². The molecular formula is C22H22N4O4S2. The summed E-state index contributed by atoms with van der Waals surface area (Å²) in [5, 5.41) is 3.37. The van der Waals surface area contributed by atoms with Crippen LogP contribution in [0.5, 0.6) is 0 Å². The molecule has 2 amide bonds. The zero-order valence-corrected chi connectivity index (χ0v) is 18.9. The predicted octanol–water partition coefficient (Wildman–Crippen LogP) is 2.75. The lowest BCUT2D eigenvalue weighted by atomic mass is 10.1. The van der Waals surface area contributed by atoms with E-state index in [1.165, 1.54) is 11.8 Å². The predicted molar refractivity (Wildman–Crippen MR) is 125 cm³/mol. The number of anilines is 2. The second-order valence-electron chi connectivity index (χ2n) is 7.95. The Morgan fingerprint density at radius 3 is 2.81 bits per heavy atom. The summed E-state index contributed by atoms with van der Waals surface area (Å²) in [6.45, 7) is 1.43. The molecule has 0 saturated carbocycles. The van der Waals surface area contributed by atoms with Crippen LogP contribution in [0.2, 0.25) is 0 Å². The van der Waals surface area contributed by atoms with Gasteiger partial charge in [-0.05, 0) is 60.5 Å². The van der Waals surface area contributed by atoms with Crippen molar-refractivity contribution in [2.45, 2.75) is 30.7 Å². The molecule has 0 atom stereocenters. The molecule has 32 heavy (non-hydrogen) atoms. The molecular weight excluding hydrogens is 448 g/mol. The van der Waals surface area contributed by atoms with Gasteiger partial charge in [0.05, 0.1) is 11.4 Å². The van der Waals surface area contributed by atoms with E-state index in [0.717, 1.165) is 41.2 Å². The lowest BCUT2D eigenvalue weighted by Gasteiger charge is -2.27. The fourth-order valence-electron chi connectivity index (χ4n) is 4.07. The highest BCUT2D eigenvalue weighted by Crippen LogP contribution is 2.42. The van der Waals surface area contributed by atoms with Gasteiger partial charge in [-0.25, -0.2) is 8.42 Å². The topological polar surface area (TPSA) is 99.1 Å². The highest BCUT2D eigenvalue weighted by Gasteiger charge is 2.33. The maximum atomic E-state index is 12.7. The summed E-state index contributed by atoms with van der Waals surface area (Å²) < 4.78 is 27.4. The Morgan fingerprint density at radius 2 is 1.97 bits per heavy atom. The zero-order valence-electron chi connectivity index (χ0n) is 17.3. The summed E-state index contributed by atoms with van der Waals surface area (Å²) in [6, 6.07) is 13.0. The number of piperidine rings is 1. The van der Waals surface area contributed by atoms with Crippen molar-refractivity contribution in [2.24, 2.45) is 4.40 Å². The number of hydrogen-bond acceptors (Lipinski definition) is 6. The molecule has 166 valence electrons. The summed E-state index contributed by atoms with van der Waals surface area (Å²) in [7, 11) is -3.41. The first-order valence-electron chi connectivity index (χ1n) is 10.5. The van der Waals surface area contributed by atoms with Crippen LogP contribution in [0.1, 0.15) is 35.2 Å². The van der Waals surface area contributed by atoms with Crippen LogP contribution in [0.3, 0.4) is 0 Å². The molecule has 3 aliphatic heterocycles. The third kappa shape index (κ3) is 4.12. The van der Waals surface area contributed by atoms with Gasteiger partial charge in [-0.1, -0.05) is 12.1 Å². The molecule has 0 unspecified atom stereocenters. The van der Waals surface area contributed by atoms with Gasteiger partial charge in [-0.3, -0.25) is 9.59 Å². The number of nitrogens with one attached hydrogen (secondary N) is 1. The van der Waals surface area contributed by atoms with Crippen molar-refractivity contribution in [2.75, 3.05) is 28.6 Å². The second kappa shape index (κ2) is 8.25. The van der Waals surface area contributed by atoms with E-state index in [-0.39, 0.29) is 17.6 Å². The maximum Gasteiger partial charge on any atom is 0.257 e. The van der Waals surface area contributed by atoms with E-state index in [2.05, 4.69) is 9.71 Å². The molecule has 0 spiro atoms. The maximum absolute atomic E-state index is 12.7. The quantitative estimate of drug-likeness (QED) is 0.738. The minimum absolute atomic E-state index is 0.0131. The Labute approximate surface area is 190 Å². The fourth-order valence-corrected chi connectivity index (χ4v) is 6.37. The Bertz CT molecular complexity index is 1240. The first kappa shape index (κ1) is 21.0. The Hall–Kier alpha value is -2.85. The number of sulfonamides is 1. The molecule has 0 bridgehead atoms. The number of nitrogens with zero attached hydrogens (tertiary/aromatic N) is 3. The first-order valence-corrected chi connectivity index (χ1v) is 12.9. The van der Waals surface area contributed by atoms with Gasteiger partial charge in [0.25, 0.3) is 15.9 Å². The van der Waals surface area contributed by atoms with Gasteiger partial charge in [0.2, 0.25) is 5.91 Å². The Balaban J connectivity index is 1.27. The molecule has 8 nitrogen and oxygen atoms in total. The Kier molecular flexibility index (Phi) is 5.42. The SMILES string of the molecule is O=C(NCc1cccc(N2CCCCC2=O)c1)c1ccc2c(c1)SC1=NS(=O)(=O)CCN12. The molecule has 10 heteroatoms. The molecule has 1 N–H and O–H groups in total. The molecule has 1 saturated heterocycles. The molecule has 0 aromatic heterocycles. The van der Waals surface area contributed by atoms with Crippen molar-refractivity contribution in [3.8, 4) is 0 Å². The van der Waals surface area contributed by atoms with E-state index in [0.29, 0.717) is 30.2 Å². The van der Waals surface area contributed by atoms with Crippen LogP contribution in [0.25, 0.3) is 0 Å². The molecule has 5 rings (SSSR count). The number of rotatable bonds is 4. The van der Waals surface area contributed by atoms with Gasteiger partial charge in [-0.15, -0.1) is 4.40 Å². The van der Waals surface area contributed by atoms with Crippen molar-refractivity contribution < 1.29 is 18.0 Å². The molecule has 1 fully saturated rings. The van der Waals surface area contributed by atoms with Gasteiger partial charge in [-0.2, -0.15) is 0 Å².